The second kappa shape index (κ2) is 5.43. The molecular formula is C16H12FNOS. The van der Waals surface area contributed by atoms with Gasteiger partial charge in [0.1, 0.15) is 5.75 Å². The zero-order valence-corrected chi connectivity index (χ0v) is 11.7. The van der Waals surface area contributed by atoms with E-state index >= 15 is 0 Å². The zero-order chi connectivity index (χ0) is 13.9. The van der Waals surface area contributed by atoms with E-state index in [9.17, 15) is 4.39 Å². The molecule has 2 aromatic carbocycles. The molecule has 0 fully saturated rings. The van der Waals surface area contributed by atoms with E-state index in [1.54, 1.807) is 19.2 Å². The first-order chi connectivity index (χ1) is 9.76. The van der Waals surface area contributed by atoms with Crippen molar-refractivity contribution < 1.29 is 9.13 Å². The molecule has 0 aliphatic heterocycles. The Kier molecular flexibility index (Phi) is 3.48. The third-order valence-electron chi connectivity index (χ3n) is 2.91. The standard InChI is InChI=1S/C16H12FNOS/c1-19-12-8-6-11(7-9-12)10-13(17)16-18-14-4-2-3-5-15(14)20-16/h2-10H,1H3/b13-10-. The van der Waals surface area contributed by atoms with Gasteiger partial charge in [-0.1, -0.05) is 24.3 Å². The van der Waals surface area contributed by atoms with Crippen molar-refractivity contribution in [2.75, 3.05) is 7.11 Å². The topological polar surface area (TPSA) is 22.1 Å². The van der Waals surface area contributed by atoms with Gasteiger partial charge in [0.05, 0.1) is 17.3 Å². The SMILES string of the molecule is COc1ccc(/C=C(\F)c2nc3ccccc3s2)cc1. The minimum Gasteiger partial charge on any atom is -0.497 e. The van der Waals surface area contributed by atoms with E-state index in [1.165, 1.54) is 17.4 Å². The van der Waals surface area contributed by atoms with Crippen LogP contribution in [0.5, 0.6) is 5.75 Å². The Labute approximate surface area is 120 Å². The van der Waals surface area contributed by atoms with Crippen LogP contribution in [-0.4, -0.2) is 12.1 Å². The summed E-state index contributed by atoms with van der Waals surface area (Å²) in [6, 6.07) is 14.9. The summed E-state index contributed by atoms with van der Waals surface area (Å²) in [4.78, 5) is 4.29. The molecule has 4 heteroatoms. The van der Waals surface area contributed by atoms with Gasteiger partial charge in [-0.2, -0.15) is 0 Å². The Morgan fingerprint density at radius 2 is 1.90 bits per heavy atom. The Hall–Kier alpha value is -2.20. The minimum absolute atomic E-state index is 0.323. The van der Waals surface area contributed by atoms with Crippen molar-refractivity contribution in [1.82, 2.24) is 4.98 Å². The highest BCUT2D eigenvalue weighted by molar-refractivity contribution is 7.19. The maximum absolute atomic E-state index is 14.2. The summed E-state index contributed by atoms with van der Waals surface area (Å²) in [6.07, 6.45) is 1.48. The van der Waals surface area contributed by atoms with Crippen molar-refractivity contribution in [2.45, 2.75) is 0 Å². The number of ether oxygens (including phenoxy) is 1. The van der Waals surface area contributed by atoms with Gasteiger partial charge in [-0.15, -0.1) is 11.3 Å². The first-order valence-corrected chi connectivity index (χ1v) is 6.95. The maximum atomic E-state index is 14.2. The highest BCUT2D eigenvalue weighted by Gasteiger charge is 2.08. The number of thiazole rings is 1. The van der Waals surface area contributed by atoms with Crippen molar-refractivity contribution in [3.05, 3.63) is 59.1 Å². The van der Waals surface area contributed by atoms with Gasteiger partial charge >= 0.3 is 0 Å². The number of fused-ring (bicyclic) bond motifs is 1. The van der Waals surface area contributed by atoms with Crippen LogP contribution >= 0.6 is 11.3 Å². The summed E-state index contributed by atoms with van der Waals surface area (Å²) in [6.45, 7) is 0. The highest BCUT2D eigenvalue weighted by atomic mass is 32.1. The number of nitrogens with zero attached hydrogens (tertiary/aromatic N) is 1. The van der Waals surface area contributed by atoms with Crippen LogP contribution < -0.4 is 4.74 Å². The summed E-state index contributed by atoms with van der Waals surface area (Å²) in [5, 5.41) is 0.405. The molecule has 0 atom stereocenters. The van der Waals surface area contributed by atoms with E-state index in [2.05, 4.69) is 4.98 Å². The van der Waals surface area contributed by atoms with E-state index in [-0.39, 0.29) is 5.83 Å². The molecule has 1 aromatic heterocycles. The second-order valence-electron chi connectivity index (χ2n) is 4.25. The minimum atomic E-state index is -0.323. The van der Waals surface area contributed by atoms with Crippen LogP contribution in [0.4, 0.5) is 4.39 Å². The summed E-state index contributed by atoms with van der Waals surface area (Å²) >= 11 is 1.35. The highest BCUT2D eigenvalue weighted by Crippen LogP contribution is 2.29. The molecule has 100 valence electrons. The lowest BCUT2D eigenvalue weighted by molar-refractivity contribution is 0.415. The Morgan fingerprint density at radius 1 is 1.15 bits per heavy atom. The number of rotatable bonds is 3. The monoisotopic (exact) mass is 285 g/mol. The molecule has 0 saturated heterocycles. The lowest BCUT2D eigenvalue weighted by atomic mass is 10.2. The second-order valence-corrected chi connectivity index (χ2v) is 5.28. The fraction of sp³-hybridized carbons (Fsp3) is 0.0625. The summed E-state index contributed by atoms with van der Waals surface area (Å²) in [5.74, 6) is 0.430. The molecule has 0 N–H and O–H groups in total. The van der Waals surface area contributed by atoms with E-state index in [1.807, 2.05) is 36.4 Å². The molecule has 1 heterocycles. The van der Waals surface area contributed by atoms with Gasteiger partial charge < -0.3 is 4.74 Å². The largest absolute Gasteiger partial charge is 0.497 e. The van der Waals surface area contributed by atoms with Crippen LogP contribution in [0.2, 0.25) is 0 Å². The number of benzene rings is 2. The van der Waals surface area contributed by atoms with Crippen LogP contribution in [0.1, 0.15) is 10.6 Å². The molecule has 0 amide bonds. The summed E-state index contributed by atoms with van der Waals surface area (Å²) < 4.78 is 20.3. The molecule has 0 unspecified atom stereocenters. The zero-order valence-electron chi connectivity index (χ0n) is 10.8. The van der Waals surface area contributed by atoms with E-state index in [0.717, 1.165) is 21.5 Å². The Bertz CT molecular complexity index is 729. The van der Waals surface area contributed by atoms with Crippen molar-refractivity contribution >= 4 is 33.5 Å². The maximum Gasteiger partial charge on any atom is 0.159 e. The molecule has 0 bridgehead atoms. The van der Waals surface area contributed by atoms with Gasteiger partial charge in [-0.25, -0.2) is 9.37 Å². The lowest BCUT2D eigenvalue weighted by Gasteiger charge is -1.99. The van der Waals surface area contributed by atoms with E-state index < -0.39 is 0 Å². The third-order valence-corrected chi connectivity index (χ3v) is 3.95. The smallest absolute Gasteiger partial charge is 0.159 e. The lowest BCUT2D eigenvalue weighted by Crippen LogP contribution is -1.82. The molecule has 3 rings (SSSR count). The first-order valence-electron chi connectivity index (χ1n) is 6.13. The molecular weight excluding hydrogens is 273 g/mol. The van der Waals surface area contributed by atoms with Crippen molar-refractivity contribution in [3.8, 4) is 5.75 Å². The normalized spacial score (nSPS) is 11.8. The van der Waals surface area contributed by atoms with Crippen molar-refractivity contribution in [2.24, 2.45) is 0 Å². The number of para-hydroxylation sites is 1. The predicted octanol–water partition coefficient (Wildman–Crippen LogP) is 4.77. The van der Waals surface area contributed by atoms with E-state index in [0.29, 0.717) is 5.01 Å². The molecule has 0 radical (unpaired) electrons. The van der Waals surface area contributed by atoms with Crippen molar-refractivity contribution in [1.29, 1.82) is 0 Å². The summed E-state index contributed by atoms with van der Waals surface area (Å²) in [7, 11) is 1.60. The number of hydrogen-bond donors (Lipinski definition) is 0. The Morgan fingerprint density at radius 3 is 2.60 bits per heavy atom. The number of hydrogen-bond acceptors (Lipinski definition) is 3. The molecule has 3 aromatic rings. The van der Waals surface area contributed by atoms with Gasteiger partial charge in [-0.05, 0) is 35.9 Å². The fourth-order valence-corrected chi connectivity index (χ4v) is 2.76. The van der Waals surface area contributed by atoms with Gasteiger partial charge in [0, 0.05) is 0 Å². The molecule has 0 aliphatic carbocycles. The number of aromatic nitrogens is 1. The molecule has 0 saturated carbocycles. The van der Waals surface area contributed by atoms with Crippen LogP contribution in [-0.2, 0) is 0 Å². The number of halogens is 1. The average molecular weight is 285 g/mol. The average Bonchev–Trinajstić information content (AvgIpc) is 2.92. The van der Waals surface area contributed by atoms with Crippen LogP contribution in [0.3, 0.4) is 0 Å². The molecule has 0 aliphatic rings. The molecule has 2 nitrogen and oxygen atoms in total. The first kappa shape index (κ1) is 12.8. The number of methoxy groups -OCH3 is 1. The van der Waals surface area contributed by atoms with Crippen LogP contribution in [0, 0.1) is 0 Å². The van der Waals surface area contributed by atoms with Gasteiger partial charge in [0.25, 0.3) is 0 Å². The predicted molar refractivity (Wildman–Crippen MR) is 81.6 cm³/mol. The molecule has 0 spiro atoms. The molecule has 20 heavy (non-hydrogen) atoms. The van der Waals surface area contributed by atoms with Crippen LogP contribution in [0.15, 0.2) is 48.5 Å². The Balaban J connectivity index is 1.93. The third kappa shape index (κ3) is 2.56. The van der Waals surface area contributed by atoms with Gasteiger partial charge in [-0.3, -0.25) is 0 Å². The van der Waals surface area contributed by atoms with Crippen molar-refractivity contribution in [3.63, 3.8) is 0 Å². The van der Waals surface area contributed by atoms with Gasteiger partial charge in [0.15, 0.2) is 10.8 Å². The van der Waals surface area contributed by atoms with Crippen LogP contribution in [0.25, 0.3) is 22.1 Å². The van der Waals surface area contributed by atoms with E-state index in [4.69, 9.17) is 4.74 Å². The quantitative estimate of drug-likeness (QED) is 0.691. The van der Waals surface area contributed by atoms with Gasteiger partial charge in [0.2, 0.25) is 0 Å². The fourth-order valence-electron chi connectivity index (χ4n) is 1.88. The summed E-state index contributed by atoms with van der Waals surface area (Å²) in [5.41, 5.74) is 1.60.